The van der Waals surface area contributed by atoms with Gasteiger partial charge in [-0.1, -0.05) is 0 Å². The first kappa shape index (κ1) is 9.90. The predicted molar refractivity (Wildman–Crippen MR) is 59.1 cm³/mol. The molecule has 0 spiro atoms. The minimum absolute atomic E-state index is 0.0615. The number of carbonyl (C=O) groups is 1. The van der Waals surface area contributed by atoms with Crippen LogP contribution < -0.4 is 5.73 Å². The van der Waals surface area contributed by atoms with Crippen molar-refractivity contribution in [3.8, 4) is 0 Å². The third-order valence-electron chi connectivity index (χ3n) is 3.76. The van der Waals surface area contributed by atoms with Crippen LogP contribution in [-0.4, -0.2) is 29.4 Å². The zero-order valence-corrected chi connectivity index (χ0v) is 9.62. The van der Waals surface area contributed by atoms with Crippen molar-refractivity contribution in [3.05, 3.63) is 23.2 Å². The smallest absolute Gasteiger partial charge is 0.257 e. The van der Waals surface area contributed by atoms with Gasteiger partial charge >= 0.3 is 0 Å². The van der Waals surface area contributed by atoms with Crippen molar-refractivity contribution < 1.29 is 9.21 Å². The molecule has 2 N–H and O–H groups in total. The molecule has 1 saturated heterocycles. The summed E-state index contributed by atoms with van der Waals surface area (Å²) in [4.78, 5) is 14.1. The Labute approximate surface area is 94.4 Å². The van der Waals surface area contributed by atoms with Crippen LogP contribution in [0.15, 0.2) is 10.5 Å². The molecule has 2 heterocycles. The molecule has 1 aliphatic carbocycles. The summed E-state index contributed by atoms with van der Waals surface area (Å²) in [7, 11) is 0. The molecule has 0 bridgehead atoms. The van der Waals surface area contributed by atoms with Crippen LogP contribution in [0.25, 0.3) is 0 Å². The molecule has 16 heavy (non-hydrogen) atoms. The van der Waals surface area contributed by atoms with E-state index in [0.29, 0.717) is 23.8 Å². The first-order valence-electron chi connectivity index (χ1n) is 5.65. The Morgan fingerprint density at radius 3 is 2.88 bits per heavy atom. The lowest BCUT2D eigenvalue weighted by Crippen LogP contribution is -2.37. The molecule has 1 amide bonds. The monoisotopic (exact) mass is 220 g/mol. The van der Waals surface area contributed by atoms with Gasteiger partial charge in [0.1, 0.15) is 11.5 Å². The van der Waals surface area contributed by atoms with E-state index in [1.165, 1.54) is 0 Å². The van der Waals surface area contributed by atoms with Crippen molar-refractivity contribution in [1.29, 1.82) is 0 Å². The SMILES string of the molecule is Cc1cc(C(=O)N2C[C@@H]3C[C@]3(N)C2)c(C)o1. The minimum Gasteiger partial charge on any atom is -0.466 e. The first-order chi connectivity index (χ1) is 7.49. The first-order valence-corrected chi connectivity index (χ1v) is 5.65. The molecule has 4 heteroatoms. The molecule has 1 saturated carbocycles. The lowest BCUT2D eigenvalue weighted by molar-refractivity contribution is 0.0771. The van der Waals surface area contributed by atoms with E-state index < -0.39 is 0 Å². The minimum atomic E-state index is -0.0810. The number of hydrogen-bond donors (Lipinski definition) is 1. The van der Waals surface area contributed by atoms with Crippen molar-refractivity contribution in [2.75, 3.05) is 13.1 Å². The van der Waals surface area contributed by atoms with E-state index in [4.69, 9.17) is 10.2 Å². The highest BCUT2D eigenvalue weighted by Crippen LogP contribution is 2.47. The summed E-state index contributed by atoms with van der Waals surface area (Å²) < 4.78 is 5.38. The lowest BCUT2D eigenvalue weighted by atomic mass is 10.2. The summed E-state index contributed by atoms with van der Waals surface area (Å²) in [6.45, 7) is 5.18. The van der Waals surface area contributed by atoms with E-state index in [9.17, 15) is 4.79 Å². The second-order valence-corrected chi connectivity index (χ2v) is 5.15. The van der Waals surface area contributed by atoms with E-state index in [1.54, 1.807) is 0 Å². The van der Waals surface area contributed by atoms with Gasteiger partial charge in [0, 0.05) is 18.6 Å². The Bertz CT molecular complexity index is 466. The van der Waals surface area contributed by atoms with Gasteiger partial charge in [-0.25, -0.2) is 0 Å². The van der Waals surface area contributed by atoms with Gasteiger partial charge < -0.3 is 15.1 Å². The Balaban J connectivity index is 1.81. The Morgan fingerprint density at radius 2 is 2.38 bits per heavy atom. The molecular formula is C12H16N2O2. The number of furan rings is 1. The van der Waals surface area contributed by atoms with Gasteiger partial charge in [0.2, 0.25) is 0 Å². The fourth-order valence-electron chi connectivity index (χ4n) is 2.69. The van der Waals surface area contributed by atoms with E-state index >= 15 is 0 Å². The van der Waals surface area contributed by atoms with Crippen LogP contribution >= 0.6 is 0 Å². The van der Waals surface area contributed by atoms with Crippen LogP contribution in [0.4, 0.5) is 0 Å². The number of amides is 1. The van der Waals surface area contributed by atoms with Gasteiger partial charge in [0.15, 0.2) is 0 Å². The highest BCUT2D eigenvalue weighted by atomic mass is 16.3. The van der Waals surface area contributed by atoms with Gasteiger partial charge in [0.05, 0.1) is 5.56 Å². The van der Waals surface area contributed by atoms with Crippen LogP contribution in [-0.2, 0) is 0 Å². The number of nitrogens with two attached hydrogens (primary N) is 1. The number of nitrogens with zero attached hydrogens (tertiary/aromatic N) is 1. The molecule has 4 nitrogen and oxygen atoms in total. The predicted octanol–water partition coefficient (Wildman–Crippen LogP) is 1.07. The molecule has 2 aliphatic rings. The van der Waals surface area contributed by atoms with Gasteiger partial charge in [0.25, 0.3) is 5.91 Å². The van der Waals surface area contributed by atoms with Crippen LogP contribution in [0.2, 0.25) is 0 Å². The maximum atomic E-state index is 12.2. The normalized spacial score (nSPS) is 31.7. The maximum absolute atomic E-state index is 12.2. The fraction of sp³-hybridized carbons (Fsp3) is 0.583. The Kier molecular flexibility index (Phi) is 1.79. The second-order valence-electron chi connectivity index (χ2n) is 5.15. The molecule has 0 aromatic carbocycles. The topological polar surface area (TPSA) is 59.5 Å². The van der Waals surface area contributed by atoms with E-state index in [0.717, 1.165) is 18.7 Å². The van der Waals surface area contributed by atoms with Crippen molar-refractivity contribution >= 4 is 5.91 Å². The molecule has 1 aromatic heterocycles. The molecule has 2 atom stereocenters. The van der Waals surface area contributed by atoms with Crippen molar-refractivity contribution in [3.63, 3.8) is 0 Å². The maximum Gasteiger partial charge on any atom is 0.257 e. The van der Waals surface area contributed by atoms with Gasteiger partial charge in [-0.3, -0.25) is 4.79 Å². The molecular weight excluding hydrogens is 204 g/mol. The van der Waals surface area contributed by atoms with Crippen LogP contribution in [0.1, 0.15) is 28.3 Å². The number of piperidine rings is 1. The van der Waals surface area contributed by atoms with Gasteiger partial charge in [-0.05, 0) is 32.3 Å². The molecule has 86 valence electrons. The molecule has 1 aliphatic heterocycles. The lowest BCUT2D eigenvalue weighted by Gasteiger charge is -2.18. The highest BCUT2D eigenvalue weighted by molar-refractivity contribution is 5.95. The average Bonchev–Trinajstić information content (AvgIpc) is 2.54. The summed E-state index contributed by atoms with van der Waals surface area (Å²) >= 11 is 0. The summed E-state index contributed by atoms with van der Waals surface area (Å²) in [6.07, 6.45) is 1.07. The van der Waals surface area contributed by atoms with E-state index in [1.807, 2.05) is 24.8 Å². The van der Waals surface area contributed by atoms with Crippen LogP contribution in [0.5, 0.6) is 0 Å². The number of rotatable bonds is 1. The summed E-state index contributed by atoms with van der Waals surface area (Å²) in [5, 5.41) is 0. The standard InChI is InChI=1S/C12H16N2O2/c1-7-3-10(8(2)16-7)11(15)14-5-9-4-12(9,13)6-14/h3,9H,4-6,13H2,1-2H3/t9-,12-/m0/s1. The summed E-state index contributed by atoms with van der Waals surface area (Å²) in [5.41, 5.74) is 6.69. The van der Waals surface area contributed by atoms with Crippen molar-refractivity contribution in [1.82, 2.24) is 4.90 Å². The van der Waals surface area contributed by atoms with Crippen molar-refractivity contribution in [2.24, 2.45) is 11.7 Å². The quantitative estimate of drug-likeness (QED) is 0.770. The Morgan fingerprint density at radius 1 is 1.62 bits per heavy atom. The zero-order valence-electron chi connectivity index (χ0n) is 9.62. The number of carbonyl (C=O) groups excluding carboxylic acids is 1. The molecule has 0 unspecified atom stereocenters. The third kappa shape index (κ3) is 1.29. The van der Waals surface area contributed by atoms with Gasteiger partial charge in [-0.2, -0.15) is 0 Å². The molecule has 1 aromatic rings. The number of hydrogen-bond acceptors (Lipinski definition) is 3. The van der Waals surface area contributed by atoms with Crippen molar-refractivity contribution in [2.45, 2.75) is 25.8 Å². The molecule has 0 radical (unpaired) electrons. The fourth-order valence-corrected chi connectivity index (χ4v) is 2.69. The average molecular weight is 220 g/mol. The largest absolute Gasteiger partial charge is 0.466 e. The summed E-state index contributed by atoms with van der Waals surface area (Å²) in [6, 6.07) is 1.81. The highest BCUT2D eigenvalue weighted by Gasteiger charge is 2.58. The van der Waals surface area contributed by atoms with Crippen LogP contribution in [0.3, 0.4) is 0 Å². The van der Waals surface area contributed by atoms with E-state index in [2.05, 4.69) is 0 Å². The Hall–Kier alpha value is -1.29. The van der Waals surface area contributed by atoms with E-state index in [-0.39, 0.29) is 11.4 Å². The van der Waals surface area contributed by atoms with Gasteiger partial charge in [-0.15, -0.1) is 0 Å². The number of likely N-dealkylation sites (tertiary alicyclic amines) is 1. The molecule has 2 fully saturated rings. The summed E-state index contributed by atoms with van der Waals surface area (Å²) in [5.74, 6) is 2.07. The third-order valence-corrected chi connectivity index (χ3v) is 3.76. The van der Waals surface area contributed by atoms with Crippen LogP contribution in [0, 0.1) is 19.8 Å². The second kappa shape index (κ2) is 2.88. The number of aryl methyl sites for hydroxylation is 2. The number of fused-ring (bicyclic) bond motifs is 1. The molecule has 3 rings (SSSR count). The zero-order chi connectivity index (χ0) is 11.5.